The molecule has 1 aromatic heterocycles. The minimum atomic E-state index is -0.812. The average Bonchev–Trinajstić information content (AvgIpc) is 2.38. The molecule has 0 spiro atoms. The Hall–Kier alpha value is -1.56. The molecule has 2 rings (SSSR count). The standard InChI is InChI=1S/C14H15ClFN3O/c1-9-4-5-18-14(19-9)8-17-7-13(20)11-3-2-10(16)6-12(11)15/h2-6,13,17,20H,7-8H2,1H3. The summed E-state index contributed by atoms with van der Waals surface area (Å²) in [6, 6.07) is 5.75. The Morgan fingerprint density at radius 2 is 2.20 bits per heavy atom. The highest BCUT2D eigenvalue weighted by atomic mass is 35.5. The lowest BCUT2D eigenvalue weighted by molar-refractivity contribution is 0.174. The highest BCUT2D eigenvalue weighted by molar-refractivity contribution is 6.31. The molecule has 6 heteroatoms. The van der Waals surface area contributed by atoms with E-state index in [9.17, 15) is 9.50 Å². The number of halogens is 2. The monoisotopic (exact) mass is 295 g/mol. The molecule has 0 aliphatic rings. The van der Waals surface area contributed by atoms with Gasteiger partial charge in [0.25, 0.3) is 0 Å². The molecule has 0 bridgehead atoms. The van der Waals surface area contributed by atoms with Crippen molar-refractivity contribution in [1.29, 1.82) is 0 Å². The van der Waals surface area contributed by atoms with Crippen molar-refractivity contribution in [2.75, 3.05) is 6.54 Å². The predicted octanol–water partition coefficient (Wildman–Crippen LogP) is 2.40. The zero-order valence-corrected chi connectivity index (χ0v) is 11.7. The molecule has 2 aromatic rings. The van der Waals surface area contributed by atoms with Crippen molar-refractivity contribution in [3.05, 3.63) is 58.4 Å². The number of aliphatic hydroxyl groups is 1. The summed E-state index contributed by atoms with van der Waals surface area (Å²) in [6.07, 6.45) is 0.875. The third-order valence-corrected chi connectivity index (χ3v) is 3.11. The minimum Gasteiger partial charge on any atom is -0.387 e. The van der Waals surface area contributed by atoms with Crippen molar-refractivity contribution in [1.82, 2.24) is 15.3 Å². The molecule has 4 nitrogen and oxygen atoms in total. The number of aryl methyl sites for hydroxylation is 1. The average molecular weight is 296 g/mol. The molecule has 1 aromatic carbocycles. The van der Waals surface area contributed by atoms with Gasteiger partial charge >= 0.3 is 0 Å². The molecule has 0 aliphatic carbocycles. The van der Waals surface area contributed by atoms with Gasteiger partial charge in [0.1, 0.15) is 11.6 Å². The Bertz CT molecular complexity index is 594. The van der Waals surface area contributed by atoms with Gasteiger partial charge in [-0.1, -0.05) is 17.7 Å². The minimum absolute atomic E-state index is 0.214. The zero-order valence-electron chi connectivity index (χ0n) is 11.0. The van der Waals surface area contributed by atoms with Gasteiger partial charge in [0.2, 0.25) is 0 Å². The van der Waals surface area contributed by atoms with E-state index in [-0.39, 0.29) is 11.6 Å². The summed E-state index contributed by atoms with van der Waals surface area (Å²) < 4.78 is 12.9. The Morgan fingerprint density at radius 1 is 1.40 bits per heavy atom. The zero-order chi connectivity index (χ0) is 14.5. The first kappa shape index (κ1) is 14.8. The maximum absolute atomic E-state index is 12.9. The van der Waals surface area contributed by atoms with E-state index >= 15 is 0 Å². The summed E-state index contributed by atoms with van der Waals surface area (Å²) in [4.78, 5) is 8.35. The molecule has 0 amide bonds. The lowest BCUT2D eigenvalue weighted by Gasteiger charge is -2.13. The number of nitrogens with one attached hydrogen (secondary N) is 1. The normalized spacial score (nSPS) is 12.4. The lowest BCUT2D eigenvalue weighted by Crippen LogP contribution is -2.22. The van der Waals surface area contributed by atoms with Gasteiger partial charge in [-0.05, 0) is 25.1 Å². The van der Waals surface area contributed by atoms with Crippen LogP contribution in [0, 0.1) is 12.7 Å². The Morgan fingerprint density at radius 3 is 2.90 bits per heavy atom. The number of rotatable bonds is 5. The van der Waals surface area contributed by atoms with Crippen LogP contribution in [0.15, 0.2) is 30.5 Å². The van der Waals surface area contributed by atoms with Crippen LogP contribution in [0.3, 0.4) is 0 Å². The number of aliphatic hydroxyl groups excluding tert-OH is 1. The molecule has 0 saturated carbocycles. The highest BCUT2D eigenvalue weighted by Gasteiger charge is 2.12. The van der Waals surface area contributed by atoms with Gasteiger partial charge in [0.05, 0.1) is 12.6 Å². The van der Waals surface area contributed by atoms with Crippen LogP contribution in [0.25, 0.3) is 0 Å². The maximum atomic E-state index is 12.9. The third-order valence-electron chi connectivity index (χ3n) is 2.79. The molecule has 0 radical (unpaired) electrons. The summed E-state index contributed by atoms with van der Waals surface area (Å²) >= 11 is 5.89. The van der Waals surface area contributed by atoms with Crippen molar-refractivity contribution in [3.63, 3.8) is 0 Å². The number of aromatic nitrogens is 2. The number of hydrogen-bond acceptors (Lipinski definition) is 4. The maximum Gasteiger partial charge on any atom is 0.142 e. The summed E-state index contributed by atoms with van der Waals surface area (Å²) in [5.74, 6) is 0.231. The summed E-state index contributed by atoms with van der Waals surface area (Å²) in [5.41, 5.74) is 1.38. The number of nitrogens with zero attached hydrogens (tertiary/aromatic N) is 2. The van der Waals surface area contributed by atoms with E-state index in [0.717, 1.165) is 5.69 Å². The summed E-state index contributed by atoms with van der Waals surface area (Å²) in [6.45, 7) is 2.61. The van der Waals surface area contributed by atoms with Crippen LogP contribution in [0.5, 0.6) is 0 Å². The van der Waals surface area contributed by atoms with E-state index in [1.807, 2.05) is 13.0 Å². The molecular formula is C14H15ClFN3O. The smallest absolute Gasteiger partial charge is 0.142 e. The fourth-order valence-electron chi connectivity index (χ4n) is 1.79. The lowest BCUT2D eigenvalue weighted by atomic mass is 10.1. The molecule has 2 N–H and O–H groups in total. The highest BCUT2D eigenvalue weighted by Crippen LogP contribution is 2.23. The molecule has 20 heavy (non-hydrogen) atoms. The summed E-state index contributed by atoms with van der Waals surface area (Å²) in [7, 11) is 0. The van der Waals surface area contributed by atoms with Crippen molar-refractivity contribution < 1.29 is 9.50 Å². The van der Waals surface area contributed by atoms with Crippen molar-refractivity contribution in [2.45, 2.75) is 19.6 Å². The first-order valence-corrected chi connectivity index (χ1v) is 6.56. The van der Waals surface area contributed by atoms with Crippen LogP contribution in [-0.4, -0.2) is 21.6 Å². The predicted molar refractivity (Wildman–Crippen MR) is 74.8 cm³/mol. The third kappa shape index (κ3) is 3.96. The van der Waals surface area contributed by atoms with Crippen LogP contribution in [-0.2, 0) is 6.54 Å². The molecule has 0 aliphatic heterocycles. The van der Waals surface area contributed by atoms with E-state index in [1.165, 1.54) is 18.2 Å². The van der Waals surface area contributed by atoms with Crippen molar-refractivity contribution in [3.8, 4) is 0 Å². The van der Waals surface area contributed by atoms with E-state index in [2.05, 4.69) is 15.3 Å². The van der Waals surface area contributed by atoms with Crippen molar-refractivity contribution >= 4 is 11.6 Å². The largest absolute Gasteiger partial charge is 0.387 e. The Kier molecular flexibility index (Phi) is 5.00. The first-order valence-electron chi connectivity index (χ1n) is 6.18. The molecule has 1 atom stereocenters. The van der Waals surface area contributed by atoms with Gasteiger partial charge in [-0.15, -0.1) is 0 Å². The number of benzene rings is 1. The van der Waals surface area contributed by atoms with Gasteiger partial charge in [0, 0.05) is 29.0 Å². The Labute approximate surface area is 121 Å². The topological polar surface area (TPSA) is 58.0 Å². The number of hydrogen-bond donors (Lipinski definition) is 2. The van der Waals surface area contributed by atoms with E-state index in [1.54, 1.807) is 6.20 Å². The fraction of sp³-hybridized carbons (Fsp3) is 0.286. The first-order chi connectivity index (χ1) is 9.56. The quantitative estimate of drug-likeness (QED) is 0.889. The Balaban J connectivity index is 1.90. The van der Waals surface area contributed by atoms with Gasteiger partial charge in [-0.3, -0.25) is 0 Å². The van der Waals surface area contributed by atoms with Gasteiger partial charge < -0.3 is 10.4 Å². The second kappa shape index (κ2) is 6.74. The van der Waals surface area contributed by atoms with E-state index < -0.39 is 11.9 Å². The van der Waals surface area contributed by atoms with Crippen LogP contribution in [0.2, 0.25) is 5.02 Å². The molecule has 1 unspecified atom stereocenters. The molecule has 106 valence electrons. The second-order valence-electron chi connectivity index (χ2n) is 4.43. The molecular weight excluding hydrogens is 281 g/mol. The van der Waals surface area contributed by atoms with E-state index in [4.69, 9.17) is 11.6 Å². The van der Waals surface area contributed by atoms with Gasteiger partial charge in [-0.25, -0.2) is 14.4 Å². The van der Waals surface area contributed by atoms with E-state index in [0.29, 0.717) is 17.9 Å². The van der Waals surface area contributed by atoms with Crippen LogP contribution < -0.4 is 5.32 Å². The fourth-order valence-corrected chi connectivity index (χ4v) is 2.08. The SMILES string of the molecule is Cc1ccnc(CNCC(O)c2ccc(F)cc2Cl)n1. The molecule has 1 heterocycles. The van der Waals surface area contributed by atoms with Crippen LogP contribution >= 0.6 is 11.6 Å². The van der Waals surface area contributed by atoms with Gasteiger partial charge in [-0.2, -0.15) is 0 Å². The van der Waals surface area contributed by atoms with Crippen LogP contribution in [0.4, 0.5) is 4.39 Å². The van der Waals surface area contributed by atoms with Gasteiger partial charge in [0.15, 0.2) is 0 Å². The van der Waals surface area contributed by atoms with Crippen LogP contribution in [0.1, 0.15) is 23.2 Å². The molecule has 0 fully saturated rings. The second-order valence-corrected chi connectivity index (χ2v) is 4.83. The van der Waals surface area contributed by atoms with Crippen molar-refractivity contribution in [2.24, 2.45) is 0 Å². The summed E-state index contributed by atoms with van der Waals surface area (Å²) in [5, 5.41) is 13.3. The molecule has 0 saturated heterocycles.